The number of rotatable bonds is 9. The van der Waals surface area contributed by atoms with Gasteiger partial charge in [-0.15, -0.1) is 0 Å². The van der Waals surface area contributed by atoms with E-state index in [1.54, 1.807) is 0 Å². The number of anilines is 2. The molecule has 0 aliphatic carbocycles. The molecule has 0 aromatic carbocycles. The Morgan fingerprint density at radius 2 is 1.80 bits per heavy atom. The Bertz CT molecular complexity index is 447. The molecule has 6 nitrogen and oxygen atoms in total. The van der Waals surface area contributed by atoms with E-state index < -0.39 is 0 Å². The molecule has 0 radical (unpaired) electrons. The van der Waals surface area contributed by atoms with E-state index in [1.807, 2.05) is 20.8 Å². The Hall–Kier alpha value is -1.85. The van der Waals surface area contributed by atoms with Crippen LogP contribution in [0.15, 0.2) is 0 Å². The summed E-state index contributed by atoms with van der Waals surface area (Å²) in [5.41, 5.74) is 6.14. The van der Waals surface area contributed by atoms with Crippen molar-refractivity contribution in [2.45, 2.75) is 46.5 Å². The molecule has 112 valence electrons. The number of unbranched alkanes of at least 4 members (excludes halogenated alkanes) is 1. The van der Waals surface area contributed by atoms with Crippen LogP contribution in [0.1, 0.15) is 44.5 Å². The smallest absolute Gasteiger partial charge is 0.217 e. The second kappa shape index (κ2) is 8.35. The zero-order chi connectivity index (χ0) is 15.0. The first-order chi connectivity index (χ1) is 9.58. The van der Waals surface area contributed by atoms with Gasteiger partial charge in [0.05, 0.1) is 0 Å². The number of aryl methyl sites for hydroxylation is 1. The molecule has 0 saturated carbocycles. The van der Waals surface area contributed by atoms with Gasteiger partial charge < -0.3 is 16.4 Å². The van der Waals surface area contributed by atoms with E-state index in [0.717, 1.165) is 55.4 Å². The van der Waals surface area contributed by atoms with Gasteiger partial charge in [-0.25, -0.2) is 9.97 Å². The summed E-state index contributed by atoms with van der Waals surface area (Å²) in [5, 5.41) is 6.57. The summed E-state index contributed by atoms with van der Waals surface area (Å²) in [7, 11) is 0. The molecule has 0 unspecified atom stereocenters. The van der Waals surface area contributed by atoms with E-state index >= 15 is 0 Å². The summed E-state index contributed by atoms with van der Waals surface area (Å²) < 4.78 is 0. The molecule has 1 aromatic heterocycles. The standard InChI is InChI=1S/C14H25N5O/c1-4-12-18-13(16-5-2)10(3)14(19-12)17-9-7-6-8-11(15)20/h4-9H2,1-3H3,(H2,15,20)(H2,16,17,18,19). The highest BCUT2D eigenvalue weighted by atomic mass is 16.1. The minimum absolute atomic E-state index is 0.245. The van der Waals surface area contributed by atoms with Crippen LogP contribution < -0.4 is 16.4 Å². The number of amides is 1. The van der Waals surface area contributed by atoms with Gasteiger partial charge in [0.15, 0.2) is 0 Å². The van der Waals surface area contributed by atoms with Crippen molar-refractivity contribution < 1.29 is 4.79 Å². The number of nitrogens with one attached hydrogen (secondary N) is 2. The third kappa shape index (κ3) is 5.03. The molecule has 0 fully saturated rings. The van der Waals surface area contributed by atoms with Crippen molar-refractivity contribution in [1.82, 2.24) is 9.97 Å². The highest BCUT2D eigenvalue weighted by Crippen LogP contribution is 2.20. The maximum atomic E-state index is 10.7. The van der Waals surface area contributed by atoms with Gasteiger partial charge in [0.2, 0.25) is 5.91 Å². The topological polar surface area (TPSA) is 92.9 Å². The number of nitrogens with two attached hydrogens (primary N) is 1. The van der Waals surface area contributed by atoms with Gasteiger partial charge in [-0.2, -0.15) is 0 Å². The molecule has 1 rings (SSSR count). The Labute approximate surface area is 120 Å². The molecule has 1 heterocycles. The molecule has 1 aromatic rings. The van der Waals surface area contributed by atoms with Gasteiger partial charge in [0.1, 0.15) is 17.5 Å². The lowest BCUT2D eigenvalue weighted by atomic mass is 10.2. The fourth-order valence-electron chi connectivity index (χ4n) is 1.86. The van der Waals surface area contributed by atoms with Gasteiger partial charge in [-0.05, 0) is 26.7 Å². The van der Waals surface area contributed by atoms with Crippen LogP contribution in [0.2, 0.25) is 0 Å². The van der Waals surface area contributed by atoms with Crippen molar-refractivity contribution >= 4 is 17.5 Å². The van der Waals surface area contributed by atoms with Crippen LogP contribution in [-0.2, 0) is 11.2 Å². The molecule has 6 heteroatoms. The molecule has 0 atom stereocenters. The van der Waals surface area contributed by atoms with Crippen molar-refractivity contribution in [2.24, 2.45) is 5.73 Å². The molecule has 0 aliphatic heterocycles. The van der Waals surface area contributed by atoms with Gasteiger partial charge >= 0.3 is 0 Å². The Balaban J connectivity index is 2.63. The Kier molecular flexibility index (Phi) is 6.76. The van der Waals surface area contributed by atoms with Crippen molar-refractivity contribution in [1.29, 1.82) is 0 Å². The Morgan fingerprint density at radius 3 is 2.35 bits per heavy atom. The summed E-state index contributed by atoms with van der Waals surface area (Å²) in [6, 6.07) is 0. The summed E-state index contributed by atoms with van der Waals surface area (Å²) >= 11 is 0. The van der Waals surface area contributed by atoms with Crippen molar-refractivity contribution in [3.05, 3.63) is 11.4 Å². The average Bonchev–Trinajstić information content (AvgIpc) is 2.42. The largest absolute Gasteiger partial charge is 0.370 e. The summed E-state index contributed by atoms with van der Waals surface area (Å²) in [6.07, 6.45) is 2.93. The van der Waals surface area contributed by atoms with Crippen LogP contribution in [0.25, 0.3) is 0 Å². The van der Waals surface area contributed by atoms with E-state index in [2.05, 4.69) is 20.6 Å². The normalized spacial score (nSPS) is 10.3. The monoisotopic (exact) mass is 279 g/mol. The van der Waals surface area contributed by atoms with Crippen LogP contribution in [0.5, 0.6) is 0 Å². The third-order valence-corrected chi connectivity index (χ3v) is 2.99. The molecular weight excluding hydrogens is 254 g/mol. The molecule has 0 spiro atoms. The predicted octanol–water partition coefficient (Wildman–Crippen LogP) is 1.85. The fourth-order valence-corrected chi connectivity index (χ4v) is 1.86. The number of primary amides is 1. The maximum Gasteiger partial charge on any atom is 0.217 e. The lowest BCUT2D eigenvalue weighted by molar-refractivity contribution is -0.118. The predicted molar refractivity (Wildman–Crippen MR) is 81.8 cm³/mol. The number of carbonyl (C=O) groups excluding carboxylic acids is 1. The lowest BCUT2D eigenvalue weighted by Gasteiger charge is -2.14. The van der Waals surface area contributed by atoms with E-state index in [-0.39, 0.29) is 5.91 Å². The SMILES string of the molecule is CCNc1nc(CC)nc(NCCCCC(N)=O)c1C. The fraction of sp³-hybridized carbons (Fsp3) is 0.643. The van der Waals surface area contributed by atoms with Gasteiger partial charge in [-0.3, -0.25) is 4.79 Å². The maximum absolute atomic E-state index is 10.7. The first-order valence-electron chi connectivity index (χ1n) is 7.22. The number of carbonyl (C=O) groups is 1. The van der Waals surface area contributed by atoms with Crippen LogP contribution >= 0.6 is 0 Å². The van der Waals surface area contributed by atoms with E-state index in [4.69, 9.17) is 5.73 Å². The molecule has 20 heavy (non-hydrogen) atoms. The first kappa shape index (κ1) is 16.2. The van der Waals surface area contributed by atoms with E-state index in [0.29, 0.717) is 6.42 Å². The highest BCUT2D eigenvalue weighted by Gasteiger charge is 2.09. The minimum Gasteiger partial charge on any atom is -0.370 e. The van der Waals surface area contributed by atoms with Crippen molar-refractivity contribution in [3.63, 3.8) is 0 Å². The Morgan fingerprint density at radius 1 is 1.15 bits per heavy atom. The summed E-state index contributed by atoms with van der Waals surface area (Å²) in [6.45, 7) is 7.70. The zero-order valence-electron chi connectivity index (χ0n) is 12.6. The van der Waals surface area contributed by atoms with Crippen molar-refractivity contribution in [2.75, 3.05) is 23.7 Å². The summed E-state index contributed by atoms with van der Waals surface area (Å²) in [4.78, 5) is 19.7. The van der Waals surface area contributed by atoms with E-state index in [9.17, 15) is 4.79 Å². The van der Waals surface area contributed by atoms with Crippen LogP contribution in [0, 0.1) is 6.92 Å². The zero-order valence-corrected chi connectivity index (χ0v) is 12.6. The second-order valence-corrected chi connectivity index (χ2v) is 4.70. The molecule has 0 saturated heterocycles. The third-order valence-electron chi connectivity index (χ3n) is 2.99. The number of hydrogen-bond acceptors (Lipinski definition) is 5. The molecule has 0 aliphatic rings. The average molecular weight is 279 g/mol. The van der Waals surface area contributed by atoms with Gasteiger partial charge in [-0.1, -0.05) is 6.92 Å². The number of hydrogen-bond donors (Lipinski definition) is 3. The van der Waals surface area contributed by atoms with Gasteiger partial charge in [0.25, 0.3) is 0 Å². The molecule has 0 bridgehead atoms. The number of aromatic nitrogens is 2. The lowest BCUT2D eigenvalue weighted by Crippen LogP contribution is -2.13. The molecule has 1 amide bonds. The van der Waals surface area contributed by atoms with Crippen molar-refractivity contribution in [3.8, 4) is 0 Å². The van der Waals surface area contributed by atoms with Crippen LogP contribution in [0.4, 0.5) is 11.6 Å². The van der Waals surface area contributed by atoms with Gasteiger partial charge in [0, 0.05) is 31.5 Å². The molecule has 4 N–H and O–H groups in total. The minimum atomic E-state index is -0.245. The van der Waals surface area contributed by atoms with Crippen LogP contribution in [-0.4, -0.2) is 29.0 Å². The summed E-state index contributed by atoms with van der Waals surface area (Å²) in [5.74, 6) is 2.34. The quantitative estimate of drug-likeness (QED) is 0.600. The van der Waals surface area contributed by atoms with Crippen LogP contribution in [0.3, 0.4) is 0 Å². The second-order valence-electron chi connectivity index (χ2n) is 4.70. The molecular formula is C14H25N5O. The first-order valence-corrected chi connectivity index (χ1v) is 7.22. The number of nitrogens with zero attached hydrogens (tertiary/aromatic N) is 2. The van der Waals surface area contributed by atoms with E-state index in [1.165, 1.54) is 0 Å². The highest BCUT2D eigenvalue weighted by molar-refractivity contribution is 5.73.